The van der Waals surface area contributed by atoms with E-state index in [-0.39, 0.29) is 45.0 Å². The first-order valence-electron chi connectivity index (χ1n) is 18.1. The zero-order valence-electron chi connectivity index (χ0n) is 30.2. The van der Waals surface area contributed by atoms with Gasteiger partial charge in [0.15, 0.2) is 5.76 Å². The summed E-state index contributed by atoms with van der Waals surface area (Å²) in [5, 5.41) is 31.6. The van der Waals surface area contributed by atoms with Crippen molar-refractivity contribution in [3.05, 3.63) is 108 Å². The van der Waals surface area contributed by atoms with Crippen molar-refractivity contribution in [1.29, 1.82) is 0 Å². The van der Waals surface area contributed by atoms with Crippen molar-refractivity contribution in [1.82, 2.24) is 25.6 Å². The third-order valence-corrected chi connectivity index (χ3v) is 10.3. The number of hydrogen-bond acceptors (Lipinski definition) is 9. The van der Waals surface area contributed by atoms with Crippen LogP contribution in [0.2, 0.25) is 0 Å². The number of nitrogens with one attached hydrogen (secondary N) is 2. The van der Waals surface area contributed by atoms with Crippen LogP contribution < -0.4 is 15.4 Å². The van der Waals surface area contributed by atoms with Crippen molar-refractivity contribution in [3.63, 3.8) is 0 Å². The SMILES string of the molecule is CC(C)(c1cc(-c2ccccc2)no1)N1CCN(C[C@@H](O)C[C@@H](Cc2ccccc2)C(=O)N[C@H]2c3ccccc3OC[C@H]2O)[C@H](C(=O)NCC(F)(F)F)C1. The van der Waals surface area contributed by atoms with Crippen LogP contribution in [0, 0.1) is 5.92 Å². The Morgan fingerprint density at radius 1 is 0.981 bits per heavy atom. The predicted octanol–water partition coefficient (Wildman–Crippen LogP) is 4.46. The molecule has 4 N–H and O–H groups in total. The highest BCUT2D eigenvalue weighted by molar-refractivity contribution is 5.82. The normalized spacial score (nSPS) is 20.7. The number of carbonyl (C=O) groups excluding carboxylic acids is 2. The number of benzene rings is 3. The lowest BCUT2D eigenvalue weighted by atomic mass is 9.90. The molecule has 11 nitrogen and oxygen atoms in total. The van der Waals surface area contributed by atoms with E-state index in [1.165, 1.54) is 0 Å². The van der Waals surface area contributed by atoms with Crippen LogP contribution in [-0.4, -0.2) is 101 Å². The summed E-state index contributed by atoms with van der Waals surface area (Å²) in [6.45, 7) is 2.92. The standard InChI is InChI=1S/C40H46F3N5O6/c1-39(2,35-21-31(46-54-35)27-13-7-4-8-14-27)48-18-17-47(32(23-48)38(52)44-25-40(41,42)43)22-29(49)20-28(19-26-11-5-3-6-12-26)37(51)45-36-30-15-9-10-16-34(30)53-24-33(36)50/h3-16,21,28-29,32-33,36,49-50H,17-20,22-25H2,1-2H3,(H,44,52)(H,45,51)/t28-,29+,32+,33-,36+/m1/s1. The van der Waals surface area contributed by atoms with Crippen molar-refractivity contribution in [2.75, 3.05) is 39.3 Å². The van der Waals surface area contributed by atoms with Crippen molar-refractivity contribution in [2.24, 2.45) is 5.92 Å². The van der Waals surface area contributed by atoms with Crippen LogP contribution in [0.5, 0.6) is 5.75 Å². The maximum Gasteiger partial charge on any atom is 0.405 e. The Morgan fingerprint density at radius 2 is 1.67 bits per heavy atom. The Morgan fingerprint density at radius 3 is 2.39 bits per heavy atom. The van der Waals surface area contributed by atoms with E-state index in [2.05, 4.69) is 10.5 Å². The number of aliphatic hydroxyl groups excluding tert-OH is 2. The summed E-state index contributed by atoms with van der Waals surface area (Å²) < 4.78 is 51.1. The average Bonchev–Trinajstić information content (AvgIpc) is 3.67. The summed E-state index contributed by atoms with van der Waals surface area (Å²) in [7, 11) is 0. The van der Waals surface area contributed by atoms with E-state index in [0.29, 0.717) is 29.3 Å². The topological polar surface area (TPSA) is 140 Å². The number of piperazine rings is 1. The highest BCUT2D eigenvalue weighted by atomic mass is 19.4. The first-order chi connectivity index (χ1) is 25.8. The molecule has 0 radical (unpaired) electrons. The van der Waals surface area contributed by atoms with Crippen LogP contribution in [-0.2, 0) is 21.5 Å². The number of fused-ring (bicyclic) bond motifs is 1. The van der Waals surface area contributed by atoms with Gasteiger partial charge in [0.05, 0.1) is 17.7 Å². The highest BCUT2D eigenvalue weighted by Crippen LogP contribution is 2.34. The molecule has 1 aromatic heterocycles. The van der Waals surface area contributed by atoms with Crippen molar-refractivity contribution in [3.8, 4) is 17.0 Å². The Balaban J connectivity index is 1.18. The largest absolute Gasteiger partial charge is 0.490 e. The number of nitrogens with zero attached hydrogens (tertiary/aromatic N) is 3. The molecule has 2 amide bonds. The molecule has 5 atom stereocenters. The Bertz CT molecular complexity index is 1860. The lowest BCUT2D eigenvalue weighted by molar-refractivity contribution is -0.144. The van der Waals surface area contributed by atoms with Gasteiger partial charge in [-0.05, 0) is 38.3 Å². The number of aromatic nitrogens is 1. The Hall–Kier alpha value is -4.76. The number of para-hydroxylation sites is 1. The van der Waals surface area contributed by atoms with Gasteiger partial charge in [-0.15, -0.1) is 0 Å². The predicted molar refractivity (Wildman–Crippen MR) is 194 cm³/mol. The van der Waals surface area contributed by atoms with Gasteiger partial charge in [0.2, 0.25) is 11.8 Å². The number of hydrogen-bond donors (Lipinski definition) is 4. The summed E-state index contributed by atoms with van der Waals surface area (Å²) in [6.07, 6.45) is -6.46. The van der Waals surface area contributed by atoms with E-state index in [1.54, 1.807) is 29.2 Å². The van der Waals surface area contributed by atoms with Crippen LogP contribution in [0.1, 0.15) is 43.2 Å². The molecule has 14 heteroatoms. The average molecular weight is 750 g/mol. The molecule has 2 aliphatic heterocycles. The second-order valence-electron chi connectivity index (χ2n) is 14.5. The molecule has 0 saturated carbocycles. The number of ether oxygens (including phenoxy) is 1. The van der Waals surface area contributed by atoms with Gasteiger partial charge in [0, 0.05) is 49.3 Å². The summed E-state index contributed by atoms with van der Waals surface area (Å²) in [5.74, 6) is -0.867. The number of amides is 2. The minimum atomic E-state index is -4.61. The van der Waals surface area contributed by atoms with Gasteiger partial charge in [0.25, 0.3) is 0 Å². The van der Waals surface area contributed by atoms with E-state index in [0.717, 1.165) is 11.1 Å². The molecule has 0 unspecified atom stereocenters. The van der Waals surface area contributed by atoms with Crippen molar-refractivity contribution in [2.45, 2.75) is 62.7 Å². The van der Waals surface area contributed by atoms with Gasteiger partial charge in [0.1, 0.15) is 36.7 Å². The number of halogens is 3. The summed E-state index contributed by atoms with van der Waals surface area (Å²) in [6, 6.07) is 26.0. The number of carbonyl (C=O) groups is 2. The summed E-state index contributed by atoms with van der Waals surface area (Å²) in [4.78, 5) is 31.1. The lowest BCUT2D eigenvalue weighted by Crippen LogP contribution is -2.63. The van der Waals surface area contributed by atoms with Gasteiger partial charge in [-0.1, -0.05) is 84.0 Å². The van der Waals surface area contributed by atoms with Gasteiger partial charge in [-0.3, -0.25) is 19.4 Å². The van der Waals surface area contributed by atoms with Crippen LogP contribution in [0.25, 0.3) is 11.3 Å². The first-order valence-corrected chi connectivity index (χ1v) is 18.1. The van der Waals surface area contributed by atoms with Crippen molar-refractivity contribution < 1.29 is 42.2 Å². The molecular weight excluding hydrogens is 703 g/mol. The smallest absolute Gasteiger partial charge is 0.405 e. The molecule has 3 heterocycles. The van der Waals surface area contributed by atoms with Gasteiger partial charge in [-0.2, -0.15) is 13.2 Å². The molecule has 6 rings (SSSR count). The molecule has 1 fully saturated rings. The molecule has 0 aliphatic carbocycles. The fourth-order valence-corrected chi connectivity index (χ4v) is 7.21. The number of aliphatic hydroxyl groups is 2. The second-order valence-corrected chi connectivity index (χ2v) is 14.5. The molecule has 1 saturated heterocycles. The monoisotopic (exact) mass is 749 g/mol. The molecule has 3 aromatic carbocycles. The molecule has 0 spiro atoms. The number of alkyl halides is 3. The lowest BCUT2D eigenvalue weighted by Gasteiger charge is -2.46. The van der Waals surface area contributed by atoms with E-state index in [9.17, 15) is 33.0 Å². The maximum atomic E-state index is 14.0. The fourth-order valence-electron chi connectivity index (χ4n) is 7.21. The van der Waals surface area contributed by atoms with Gasteiger partial charge < -0.3 is 30.1 Å². The van der Waals surface area contributed by atoms with Crippen LogP contribution in [0.3, 0.4) is 0 Å². The van der Waals surface area contributed by atoms with Gasteiger partial charge in [-0.25, -0.2) is 0 Å². The zero-order chi connectivity index (χ0) is 38.5. The molecule has 0 bridgehead atoms. The first kappa shape index (κ1) is 38.9. The fraction of sp³-hybridized carbons (Fsp3) is 0.425. The van der Waals surface area contributed by atoms with E-state index >= 15 is 0 Å². The second kappa shape index (κ2) is 16.7. The summed E-state index contributed by atoms with van der Waals surface area (Å²) >= 11 is 0. The summed E-state index contributed by atoms with van der Waals surface area (Å²) in [5.41, 5.74) is 2.20. The quantitative estimate of drug-likeness (QED) is 0.156. The van der Waals surface area contributed by atoms with Crippen LogP contribution in [0.4, 0.5) is 13.2 Å². The molecule has 4 aromatic rings. The molecule has 2 aliphatic rings. The minimum Gasteiger partial charge on any atom is -0.490 e. The third kappa shape index (κ3) is 9.48. The van der Waals surface area contributed by atoms with E-state index < -0.39 is 54.4 Å². The minimum absolute atomic E-state index is 0.000859. The van der Waals surface area contributed by atoms with E-state index in [4.69, 9.17) is 9.26 Å². The number of β-amino-alcohol motifs (C(OH)–C–C–N with tert-alkyl or cyclic N) is 1. The van der Waals surface area contributed by atoms with Crippen LogP contribution in [0.15, 0.2) is 95.5 Å². The van der Waals surface area contributed by atoms with Gasteiger partial charge >= 0.3 is 6.18 Å². The molecular formula is C40H46F3N5O6. The van der Waals surface area contributed by atoms with E-state index in [1.807, 2.05) is 90.8 Å². The Labute approximate surface area is 312 Å². The maximum absolute atomic E-state index is 14.0. The van der Waals surface area contributed by atoms with Crippen molar-refractivity contribution >= 4 is 11.8 Å². The highest BCUT2D eigenvalue weighted by Gasteiger charge is 2.42. The Kier molecular flexibility index (Phi) is 12.1. The third-order valence-electron chi connectivity index (χ3n) is 10.3. The molecule has 54 heavy (non-hydrogen) atoms. The number of rotatable bonds is 13. The van der Waals surface area contributed by atoms with Crippen LogP contribution >= 0.6 is 0 Å². The zero-order valence-corrected chi connectivity index (χ0v) is 30.2. The molecule has 288 valence electrons.